The van der Waals surface area contributed by atoms with Crippen LogP contribution in [0.15, 0.2) is 79.0 Å². The van der Waals surface area contributed by atoms with Crippen LogP contribution in [0.25, 0.3) is 22.0 Å². The molecule has 0 saturated carbocycles. The molecule has 2 N–H and O–H groups in total. The smallest absolute Gasteiger partial charge is 0.211 e. The van der Waals surface area contributed by atoms with Crippen molar-refractivity contribution < 1.29 is 4.99 Å². The Labute approximate surface area is 156 Å². The molecule has 1 aromatic heterocycles. The van der Waals surface area contributed by atoms with Crippen LogP contribution in [0.3, 0.4) is 0 Å². The maximum absolute atomic E-state index is 6.61. The molecule has 3 heteroatoms. The van der Waals surface area contributed by atoms with E-state index < -0.39 is 0 Å². The summed E-state index contributed by atoms with van der Waals surface area (Å²) in [5.74, 6) is 0. The van der Waals surface area contributed by atoms with E-state index in [0.717, 1.165) is 38.5 Å². The maximum atomic E-state index is 6.61. The monoisotopic (exact) mass is 355 g/mol. The minimum atomic E-state index is 0.748. The number of hydrogen-bond acceptors (Lipinski definition) is 0. The number of para-hydroxylation sites is 2. The average Bonchev–Trinajstić information content (AvgIpc) is 3.29. The first-order valence-corrected chi connectivity index (χ1v) is 8.95. The van der Waals surface area contributed by atoms with Crippen molar-refractivity contribution in [2.75, 3.05) is 0 Å². The summed E-state index contributed by atoms with van der Waals surface area (Å²) < 4.78 is 0. The van der Waals surface area contributed by atoms with Crippen LogP contribution in [0.2, 0.25) is 5.02 Å². The highest BCUT2D eigenvalue weighted by molar-refractivity contribution is 6.34. The number of halogens is 1. The SMILES string of the molecule is Clc1ccccc1/C(=C1/C=[NH+]c2ccccc21)c1c[nH]c2ccccc12. The van der Waals surface area contributed by atoms with E-state index in [2.05, 4.69) is 64.9 Å². The Hall–Kier alpha value is -3.10. The number of allylic oxidation sites excluding steroid dienone is 1. The van der Waals surface area contributed by atoms with Gasteiger partial charge in [0, 0.05) is 44.9 Å². The van der Waals surface area contributed by atoms with Crippen LogP contribution < -0.4 is 4.99 Å². The van der Waals surface area contributed by atoms with Gasteiger partial charge in [-0.15, -0.1) is 0 Å². The zero-order chi connectivity index (χ0) is 17.5. The van der Waals surface area contributed by atoms with Gasteiger partial charge in [0.25, 0.3) is 0 Å². The van der Waals surface area contributed by atoms with E-state index in [0.29, 0.717) is 0 Å². The molecular weight excluding hydrogens is 340 g/mol. The van der Waals surface area contributed by atoms with Gasteiger partial charge in [0.2, 0.25) is 5.69 Å². The van der Waals surface area contributed by atoms with Crippen LogP contribution in [-0.4, -0.2) is 11.2 Å². The number of aromatic amines is 1. The zero-order valence-corrected chi connectivity index (χ0v) is 14.7. The topological polar surface area (TPSA) is 29.8 Å². The minimum Gasteiger partial charge on any atom is -0.361 e. The van der Waals surface area contributed by atoms with Crippen molar-refractivity contribution >= 4 is 45.6 Å². The van der Waals surface area contributed by atoms with Crippen molar-refractivity contribution in [3.63, 3.8) is 0 Å². The van der Waals surface area contributed by atoms with Crippen LogP contribution in [0.1, 0.15) is 16.7 Å². The Bertz CT molecular complexity index is 1200. The predicted octanol–water partition coefficient (Wildman–Crippen LogP) is 4.58. The van der Waals surface area contributed by atoms with Crippen molar-refractivity contribution in [2.24, 2.45) is 0 Å². The van der Waals surface area contributed by atoms with Crippen LogP contribution in [0.5, 0.6) is 0 Å². The third-order valence-corrected chi connectivity index (χ3v) is 5.19. The lowest BCUT2D eigenvalue weighted by molar-refractivity contribution is -0.342. The van der Waals surface area contributed by atoms with E-state index in [9.17, 15) is 0 Å². The summed E-state index contributed by atoms with van der Waals surface area (Å²) in [4.78, 5) is 6.79. The second kappa shape index (κ2) is 6.01. The van der Waals surface area contributed by atoms with Crippen molar-refractivity contribution in [1.82, 2.24) is 4.98 Å². The van der Waals surface area contributed by atoms with Crippen molar-refractivity contribution in [2.45, 2.75) is 0 Å². The molecule has 0 fully saturated rings. The number of fused-ring (bicyclic) bond motifs is 2. The predicted molar refractivity (Wildman–Crippen MR) is 109 cm³/mol. The zero-order valence-electron chi connectivity index (χ0n) is 14.0. The highest BCUT2D eigenvalue weighted by Crippen LogP contribution is 2.39. The van der Waals surface area contributed by atoms with Crippen LogP contribution in [-0.2, 0) is 0 Å². The molecular formula is C23H16ClN2+. The van der Waals surface area contributed by atoms with Crippen molar-refractivity contribution in [1.29, 1.82) is 0 Å². The number of rotatable bonds is 2. The van der Waals surface area contributed by atoms with Crippen LogP contribution in [0, 0.1) is 0 Å². The number of hydrogen-bond donors (Lipinski definition) is 2. The summed E-state index contributed by atoms with van der Waals surface area (Å²) in [6.45, 7) is 0. The highest BCUT2D eigenvalue weighted by Gasteiger charge is 2.25. The maximum Gasteiger partial charge on any atom is 0.211 e. The Morgan fingerprint density at radius 3 is 2.50 bits per heavy atom. The molecule has 0 spiro atoms. The molecule has 0 saturated heterocycles. The fraction of sp³-hybridized carbons (Fsp3) is 0. The summed E-state index contributed by atoms with van der Waals surface area (Å²) in [6, 6.07) is 24.7. The van der Waals surface area contributed by atoms with Gasteiger partial charge < -0.3 is 4.98 Å². The third-order valence-electron chi connectivity index (χ3n) is 4.86. The van der Waals surface area contributed by atoms with Crippen molar-refractivity contribution in [3.05, 3.63) is 101 Å². The molecule has 26 heavy (non-hydrogen) atoms. The van der Waals surface area contributed by atoms with Gasteiger partial charge in [-0.2, -0.15) is 0 Å². The molecule has 0 radical (unpaired) electrons. The number of H-pyrrole nitrogens is 1. The lowest BCUT2D eigenvalue weighted by Gasteiger charge is -2.12. The molecule has 0 aliphatic carbocycles. The molecule has 0 amide bonds. The second-order valence-electron chi connectivity index (χ2n) is 6.35. The number of nitrogens with one attached hydrogen (secondary N) is 2. The van der Waals surface area contributed by atoms with Gasteiger partial charge in [-0.05, 0) is 18.2 Å². The second-order valence-corrected chi connectivity index (χ2v) is 6.76. The number of aromatic nitrogens is 1. The third kappa shape index (κ3) is 2.31. The van der Waals surface area contributed by atoms with E-state index in [4.69, 9.17) is 11.6 Å². The Kier molecular flexibility index (Phi) is 3.51. The molecule has 2 heterocycles. The quantitative estimate of drug-likeness (QED) is 0.527. The van der Waals surface area contributed by atoms with E-state index in [-0.39, 0.29) is 0 Å². The highest BCUT2D eigenvalue weighted by atomic mass is 35.5. The van der Waals surface area contributed by atoms with Crippen LogP contribution in [0.4, 0.5) is 5.69 Å². The summed E-state index contributed by atoms with van der Waals surface area (Å²) in [7, 11) is 0. The first-order chi connectivity index (χ1) is 12.8. The summed E-state index contributed by atoms with van der Waals surface area (Å²) in [5, 5.41) is 1.94. The van der Waals surface area contributed by atoms with Gasteiger partial charge >= 0.3 is 0 Å². The van der Waals surface area contributed by atoms with Gasteiger partial charge in [0.05, 0.1) is 11.1 Å². The first-order valence-electron chi connectivity index (χ1n) is 8.58. The summed E-state index contributed by atoms with van der Waals surface area (Å²) in [5.41, 5.74) is 7.89. The molecule has 3 aromatic carbocycles. The average molecular weight is 356 g/mol. The normalized spacial score (nSPS) is 14.7. The Morgan fingerprint density at radius 1 is 0.808 bits per heavy atom. The molecule has 1 aliphatic heterocycles. The molecule has 5 rings (SSSR count). The standard InChI is InChI=1S/C23H15ClN2/c24-20-10-4-1-9-17(20)23(18-13-25-21-11-5-2-7-15(18)21)19-14-26-22-12-6-3-8-16(19)22/h1-14,25H/p+1/b23-19+. The summed E-state index contributed by atoms with van der Waals surface area (Å²) in [6.07, 6.45) is 4.15. The molecule has 124 valence electrons. The number of benzene rings is 3. The molecule has 2 nitrogen and oxygen atoms in total. The molecule has 0 unspecified atom stereocenters. The largest absolute Gasteiger partial charge is 0.361 e. The van der Waals surface area contributed by atoms with Crippen molar-refractivity contribution in [3.8, 4) is 0 Å². The van der Waals surface area contributed by atoms with E-state index in [1.807, 2.05) is 30.3 Å². The van der Waals surface area contributed by atoms with E-state index in [1.165, 1.54) is 10.9 Å². The Morgan fingerprint density at radius 2 is 1.58 bits per heavy atom. The molecule has 4 aromatic rings. The summed E-state index contributed by atoms with van der Waals surface area (Å²) >= 11 is 6.61. The molecule has 0 atom stereocenters. The molecule has 1 aliphatic rings. The van der Waals surface area contributed by atoms with Crippen LogP contribution >= 0.6 is 11.6 Å². The first kappa shape index (κ1) is 15.2. The lowest BCUT2D eigenvalue weighted by Crippen LogP contribution is -2.58. The fourth-order valence-electron chi connectivity index (χ4n) is 3.66. The van der Waals surface area contributed by atoms with E-state index in [1.54, 1.807) is 0 Å². The minimum absolute atomic E-state index is 0.748. The van der Waals surface area contributed by atoms with Gasteiger partial charge in [0.15, 0.2) is 6.21 Å². The van der Waals surface area contributed by atoms with Gasteiger partial charge in [-0.1, -0.05) is 60.1 Å². The van der Waals surface area contributed by atoms with Gasteiger partial charge in [-0.25, -0.2) is 4.99 Å². The van der Waals surface area contributed by atoms with Gasteiger partial charge in [-0.3, -0.25) is 0 Å². The van der Waals surface area contributed by atoms with Gasteiger partial charge in [0.1, 0.15) is 0 Å². The lowest BCUT2D eigenvalue weighted by atomic mass is 9.90. The Balaban J connectivity index is 1.88. The molecule has 0 bridgehead atoms. The fourth-order valence-corrected chi connectivity index (χ4v) is 3.89. The van der Waals surface area contributed by atoms with E-state index >= 15 is 0 Å².